The summed E-state index contributed by atoms with van der Waals surface area (Å²) in [5, 5.41) is 45.3. The zero-order valence-electron chi connectivity index (χ0n) is 57.3. The molecule has 88 heavy (non-hydrogen) atoms. The molecule has 16 nitrogen and oxygen atoms in total. The highest BCUT2D eigenvalue weighted by molar-refractivity contribution is 5.85. The Balaban J connectivity index is 0.764. The Morgan fingerprint density at radius 1 is 0.523 bits per heavy atom. The van der Waals surface area contributed by atoms with Gasteiger partial charge in [-0.3, -0.25) is 9.59 Å². The smallest absolute Gasteiger partial charge is 0.328 e. The molecule has 2 amide bonds. The molecular formula is C72H130N8O8. The minimum absolute atomic E-state index is 0.0490. The van der Waals surface area contributed by atoms with Crippen molar-refractivity contribution >= 4 is 23.8 Å². The molecule has 0 aliphatic heterocycles. The summed E-state index contributed by atoms with van der Waals surface area (Å²) in [6.45, 7) is 28.7. The number of aliphatic hydroxyl groups excluding tert-OH is 2. The van der Waals surface area contributed by atoms with Gasteiger partial charge in [-0.25, -0.2) is 9.59 Å². The van der Waals surface area contributed by atoms with E-state index < -0.39 is 18.1 Å². The van der Waals surface area contributed by atoms with Crippen LogP contribution in [0.1, 0.15) is 223 Å². The SMILES string of the molecule is COC(=O)[C@@H](NC(=O)CC[C@@H](C)[C@H]1CC[C@H]2[C@@H]3[C@H](O)C[C@@H]4C[C@@H](NCCC(COC(=O)[C@@H](NC(=O)CC[C@@H](C)[C@H]5CC[C@H]6[C@@H]7[C@H](O)C[C@@H]8C[C@@H](NCCCNCCCN)CC[C@]8(C)[C@H]7CC[C@]56C)C(C)C)NCCCN)CC[C@]4(C)[C@H]3CC[C@]12C)C(C)C. The number of rotatable bonds is 32. The first-order chi connectivity index (χ1) is 41.9. The van der Waals surface area contributed by atoms with Crippen LogP contribution in [0.4, 0.5) is 0 Å². The third kappa shape index (κ3) is 16.0. The fourth-order valence-electron chi connectivity index (χ4n) is 21.8. The molecule has 8 saturated carbocycles. The van der Waals surface area contributed by atoms with Crippen molar-refractivity contribution in [3.63, 3.8) is 0 Å². The monoisotopic (exact) mass is 1240 g/mol. The summed E-state index contributed by atoms with van der Waals surface area (Å²) in [5.74, 6) is 4.41. The first kappa shape index (κ1) is 71.4. The van der Waals surface area contributed by atoms with Crippen molar-refractivity contribution in [1.82, 2.24) is 31.9 Å². The van der Waals surface area contributed by atoms with Crippen molar-refractivity contribution in [1.29, 1.82) is 0 Å². The van der Waals surface area contributed by atoms with Crippen molar-refractivity contribution in [2.24, 2.45) is 116 Å². The van der Waals surface area contributed by atoms with Gasteiger partial charge < -0.3 is 63.1 Å². The lowest BCUT2D eigenvalue weighted by Crippen LogP contribution is -2.59. The number of nitrogens with one attached hydrogen (secondary N) is 6. The molecule has 8 fully saturated rings. The summed E-state index contributed by atoms with van der Waals surface area (Å²) >= 11 is 0. The van der Waals surface area contributed by atoms with Gasteiger partial charge >= 0.3 is 11.9 Å². The molecule has 0 aromatic heterocycles. The van der Waals surface area contributed by atoms with Crippen molar-refractivity contribution in [2.75, 3.05) is 59.5 Å². The topological polar surface area (TPSA) is 251 Å². The second-order valence-electron chi connectivity index (χ2n) is 32.5. The Bertz CT molecular complexity index is 2240. The number of hydrogen-bond acceptors (Lipinski definition) is 14. The quantitative estimate of drug-likeness (QED) is 0.0223. The van der Waals surface area contributed by atoms with Crippen molar-refractivity contribution in [3.8, 4) is 0 Å². The van der Waals surface area contributed by atoms with E-state index in [4.69, 9.17) is 20.9 Å². The average molecular weight is 1240 g/mol. The molecular weight excluding hydrogens is 1100 g/mol. The third-order valence-electron chi connectivity index (χ3n) is 26.9. The van der Waals surface area contributed by atoms with Crippen molar-refractivity contribution in [2.45, 2.75) is 266 Å². The van der Waals surface area contributed by atoms with E-state index in [0.29, 0.717) is 102 Å². The van der Waals surface area contributed by atoms with Crippen LogP contribution in [0.2, 0.25) is 0 Å². The molecule has 0 spiro atoms. The van der Waals surface area contributed by atoms with Gasteiger partial charge in [-0.15, -0.1) is 0 Å². The van der Waals surface area contributed by atoms with Crippen molar-refractivity contribution < 1.29 is 38.9 Å². The highest BCUT2D eigenvalue weighted by atomic mass is 16.5. The number of aliphatic hydroxyl groups is 2. The fourth-order valence-corrected chi connectivity index (χ4v) is 21.8. The van der Waals surface area contributed by atoms with E-state index in [1.807, 2.05) is 27.7 Å². The molecule has 0 radical (unpaired) electrons. The standard InChI is InChI=1S/C72H130N8O8/c1-44(2)65(67(85)87-11)79-61(83)21-15-46(5)53-17-19-56-64-58(26-31-71(53,56)9)70(8)29-24-51(40-49(70)42-60(64)82)78-38-27-52(77-36-13-33-74)43-88-68(86)66(45(3)4)80-62(84)22-16-47(6)54-18-20-55-63-57(25-30-72(54,55)10)69(7)28-23-50(39-48(69)41-59(63)81)76-37-14-35-75-34-12-32-73/h44-60,63-66,75-78,81-82H,12-43,73-74H2,1-11H3,(H,79,83)(H,80,84)/t46-,47-,48+,49+,50+,51+,52?,53-,54-,55+,56+,57+,58+,59-,60-,63+,64+,65+,66+,69+,70+,71-,72-/m1/s1. The van der Waals surface area contributed by atoms with Crippen LogP contribution in [0.5, 0.6) is 0 Å². The number of amides is 2. The zero-order valence-corrected chi connectivity index (χ0v) is 57.3. The van der Waals surface area contributed by atoms with Crippen LogP contribution in [0.25, 0.3) is 0 Å². The number of nitrogens with two attached hydrogens (primary N) is 2. The molecule has 8 aliphatic carbocycles. The van der Waals surface area contributed by atoms with Crippen LogP contribution in [-0.2, 0) is 28.7 Å². The molecule has 0 aromatic carbocycles. The Hall–Kier alpha value is -2.44. The normalized spacial score (nSPS) is 38.5. The Kier molecular flexibility index (Phi) is 25.7. The van der Waals surface area contributed by atoms with Gasteiger partial charge in [-0.05, 0) is 292 Å². The third-order valence-corrected chi connectivity index (χ3v) is 26.9. The summed E-state index contributed by atoms with van der Waals surface area (Å²) < 4.78 is 11.1. The van der Waals surface area contributed by atoms with Gasteiger partial charge in [0.1, 0.15) is 18.7 Å². The molecule has 0 bridgehead atoms. The second-order valence-corrected chi connectivity index (χ2v) is 32.5. The van der Waals surface area contributed by atoms with Crippen LogP contribution in [0, 0.1) is 105 Å². The van der Waals surface area contributed by atoms with Crippen LogP contribution in [0.15, 0.2) is 0 Å². The van der Waals surface area contributed by atoms with E-state index in [2.05, 4.69) is 73.4 Å². The largest absolute Gasteiger partial charge is 0.467 e. The van der Waals surface area contributed by atoms with Gasteiger partial charge in [-0.1, -0.05) is 69.2 Å². The summed E-state index contributed by atoms with van der Waals surface area (Å²) in [4.78, 5) is 53.2. The van der Waals surface area contributed by atoms with Gasteiger partial charge in [-0.2, -0.15) is 0 Å². The maximum Gasteiger partial charge on any atom is 0.328 e. The molecule has 0 aromatic rings. The Morgan fingerprint density at radius 3 is 1.44 bits per heavy atom. The summed E-state index contributed by atoms with van der Waals surface area (Å²) in [6.07, 6.45) is 23.7. The lowest BCUT2D eigenvalue weighted by atomic mass is 9.43. The number of methoxy groups -OCH3 is 1. The van der Waals surface area contributed by atoms with Crippen LogP contribution >= 0.6 is 0 Å². The number of fused-ring (bicyclic) bond motifs is 10. The Morgan fingerprint density at radius 2 is 0.966 bits per heavy atom. The summed E-state index contributed by atoms with van der Waals surface area (Å²) in [6, 6.07) is -0.518. The highest BCUT2D eigenvalue weighted by Gasteiger charge is 2.65. The number of esters is 2. The predicted molar refractivity (Wildman–Crippen MR) is 351 cm³/mol. The predicted octanol–water partition coefficient (Wildman–Crippen LogP) is 9.02. The first-order valence-corrected chi connectivity index (χ1v) is 36.4. The molecule has 16 heteroatoms. The number of carbonyl (C=O) groups is 4. The molecule has 506 valence electrons. The van der Waals surface area contributed by atoms with E-state index in [1.54, 1.807) is 0 Å². The van der Waals surface area contributed by atoms with Gasteiger partial charge in [0.05, 0.1) is 19.3 Å². The molecule has 23 atom stereocenters. The van der Waals surface area contributed by atoms with Gasteiger partial charge in [0, 0.05) is 31.0 Å². The van der Waals surface area contributed by atoms with E-state index >= 15 is 0 Å². The lowest BCUT2D eigenvalue weighted by Gasteiger charge is -2.62. The Labute approximate surface area is 533 Å². The molecule has 8 aliphatic rings. The van der Waals surface area contributed by atoms with Crippen LogP contribution in [-0.4, -0.2) is 136 Å². The van der Waals surface area contributed by atoms with Gasteiger partial charge in [0.25, 0.3) is 0 Å². The molecule has 0 heterocycles. The van der Waals surface area contributed by atoms with Gasteiger partial charge in [0.2, 0.25) is 11.8 Å². The molecule has 12 N–H and O–H groups in total. The van der Waals surface area contributed by atoms with E-state index in [-0.39, 0.29) is 76.1 Å². The minimum atomic E-state index is -0.727. The van der Waals surface area contributed by atoms with Crippen LogP contribution < -0.4 is 43.4 Å². The summed E-state index contributed by atoms with van der Waals surface area (Å²) in [7, 11) is 1.37. The van der Waals surface area contributed by atoms with Gasteiger partial charge in [0.15, 0.2) is 0 Å². The van der Waals surface area contributed by atoms with E-state index in [0.717, 1.165) is 136 Å². The first-order valence-electron chi connectivity index (χ1n) is 36.4. The highest BCUT2D eigenvalue weighted by Crippen LogP contribution is 2.70. The average Bonchev–Trinajstić information content (AvgIpc) is 1.72. The zero-order chi connectivity index (χ0) is 63.7. The minimum Gasteiger partial charge on any atom is -0.467 e. The van der Waals surface area contributed by atoms with E-state index in [9.17, 15) is 29.4 Å². The van der Waals surface area contributed by atoms with Crippen molar-refractivity contribution in [3.05, 3.63) is 0 Å². The fraction of sp³-hybridized carbons (Fsp3) is 0.944. The molecule has 0 saturated heterocycles. The second kappa shape index (κ2) is 31.7. The number of hydrogen-bond donors (Lipinski definition) is 10. The lowest BCUT2D eigenvalue weighted by molar-refractivity contribution is -0.167. The maximum atomic E-state index is 13.9. The number of ether oxygens (including phenoxy) is 2. The number of carbonyl (C=O) groups excluding carboxylic acids is 4. The van der Waals surface area contributed by atoms with Crippen LogP contribution in [0.3, 0.4) is 0 Å². The summed E-state index contributed by atoms with van der Waals surface area (Å²) in [5.41, 5.74) is 12.4. The maximum absolute atomic E-state index is 13.9. The molecule has 1 unspecified atom stereocenters. The molecule has 8 rings (SSSR count). The van der Waals surface area contributed by atoms with E-state index in [1.165, 1.54) is 52.1 Å².